The summed E-state index contributed by atoms with van der Waals surface area (Å²) in [5, 5.41) is 10.4. The van der Waals surface area contributed by atoms with E-state index < -0.39 is 43.9 Å². The molecule has 0 saturated carbocycles. The standard InChI is InChI=1S/C29H43N3O8Si/c1-29(2,3)40-28(37)30-16-20(33)14-22(17-30)39-21-7-8-23-19(13-21)15-31(26(23)35)24-9-10-25(34)32(27(24)36)18-38-11-12-41(4,5)6/h7-8,13,20,22,24,33H,9-12,14-18H2,1-6H3/t20-,22-,24?/m0/s1. The van der Waals surface area contributed by atoms with Gasteiger partial charge in [0.1, 0.15) is 30.2 Å². The van der Waals surface area contributed by atoms with E-state index in [-0.39, 0.29) is 51.0 Å². The van der Waals surface area contributed by atoms with Gasteiger partial charge < -0.3 is 29.1 Å². The number of aliphatic hydroxyl groups is 1. The van der Waals surface area contributed by atoms with Crippen molar-refractivity contribution in [2.24, 2.45) is 0 Å². The van der Waals surface area contributed by atoms with E-state index in [1.54, 1.807) is 39.0 Å². The molecule has 0 bridgehead atoms. The Labute approximate surface area is 242 Å². The summed E-state index contributed by atoms with van der Waals surface area (Å²) in [6.07, 6.45) is -0.936. The highest BCUT2D eigenvalue weighted by atomic mass is 28.3. The van der Waals surface area contributed by atoms with Gasteiger partial charge in [-0.1, -0.05) is 19.6 Å². The molecule has 2 saturated heterocycles. The number of ether oxygens (including phenoxy) is 3. The highest BCUT2D eigenvalue weighted by Gasteiger charge is 2.43. The van der Waals surface area contributed by atoms with Crippen molar-refractivity contribution in [3.05, 3.63) is 29.3 Å². The summed E-state index contributed by atoms with van der Waals surface area (Å²) < 4.78 is 17.3. The van der Waals surface area contributed by atoms with Gasteiger partial charge in [-0.15, -0.1) is 0 Å². The number of benzene rings is 1. The van der Waals surface area contributed by atoms with Gasteiger partial charge in [0, 0.05) is 39.6 Å². The largest absolute Gasteiger partial charge is 0.488 e. The van der Waals surface area contributed by atoms with Crippen LogP contribution >= 0.6 is 0 Å². The Morgan fingerprint density at radius 1 is 1.12 bits per heavy atom. The second-order valence-electron chi connectivity index (χ2n) is 13.3. The number of likely N-dealkylation sites (tertiary alicyclic amines) is 2. The molecule has 0 radical (unpaired) electrons. The van der Waals surface area contributed by atoms with Crippen LogP contribution in [0.1, 0.15) is 56.0 Å². The molecule has 3 aliphatic rings. The molecular weight excluding hydrogens is 546 g/mol. The van der Waals surface area contributed by atoms with Crippen LogP contribution in [0, 0.1) is 0 Å². The Morgan fingerprint density at radius 2 is 1.85 bits per heavy atom. The Bertz CT molecular complexity index is 1180. The zero-order valence-corrected chi connectivity index (χ0v) is 26.0. The van der Waals surface area contributed by atoms with Gasteiger partial charge in [0.2, 0.25) is 5.91 Å². The molecule has 3 aliphatic heterocycles. The van der Waals surface area contributed by atoms with Crippen LogP contribution in [0.15, 0.2) is 18.2 Å². The van der Waals surface area contributed by atoms with Gasteiger partial charge >= 0.3 is 6.09 Å². The Morgan fingerprint density at radius 3 is 2.54 bits per heavy atom. The first-order chi connectivity index (χ1) is 19.1. The molecule has 12 heteroatoms. The molecule has 1 aromatic rings. The van der Waals surface area contributed by atoms with E-state index in [1.165, 1.54) is 9.80 Å². The molecule has 3 atom stereocenters. The molecular formula is C29H43N3O8Si. The molecule has 0 spiro atoms. The lowest BCUT2D eigenvalue weighted by molar-refractivity contribution is -0.158. The minimum atomic E-state index is -1.31. The number of hydrogen-bond acceptors (Lipinski definition) is 8. The number of carbonyl (C=O) groups excluding carboxylic acids is 4. The normalized spacial score (nSPS) is 23.6. The zero-order chi connectivity index (χ0) is 30.1. The highest BCUT2D eigenvalue weighted by molar-refractivity contribution is 6.76. The maximum absolute atomic E-state index is 13.3. The number of fused-ring (bicyclic) bond motifs is 1. The van der Waals surface area contributed by atoms with E-state index in [0.717, 1.165) is 16.5 Å². The van der Waals surface area contributed by atoms with Crippen LogP contribution in [0.2, 0.25) is 25.7 Å². The van der Waals surface area contributed by atoms with Crippen LogP contribution in [0.4, 0.5) is 4.79 Å². The predicted molar refractivity (Wildman–Crippen MR) is 153 cm³/mol. The summed E-state index contributed by atoms with van der Waals surface area (Å²) in [4.78, 5) is 55.7. The maximum atomic E-state index is 13.3. The quantitative estimate of drug-likeness (QED) is 0.278. The lowest BCUT2D eigenvalue weighted by atomic mass is 10.0. The summed E-state index contributed by atoms with van der Waals surface area (Å²) in [6, 6.07) is 5.31. The fourth-order valence-electron chi connectivity index (χ4n) is 5.21. The monoisotopic (exact) mass is 589 g/mol. The number of β-amino-alcohol motifs (C(OH)–C–C–N with tert-alkyl or cyclic N) is 1. The smallest absolute Gasteiger partial charge is 0.410 e. The highest BCUT2D eigenvalue weighted by Crippen LogP contribution is 2.32. The van der Waals surface area contributed by atoms with Crippen LogP contribution in [-0.2, 0) is 25.6 Å². The van der Waals surface area contributed by atoms with Crippen molar-refractivity contribution in [2.45, 2.75) is 96.1 Å². The van der Waals surface area contributed by atoms with E-state index in [4.69, 9.17) is 14.2 Å². The van der Waals surface area contributed by atoms with Crippen molar-refractivity contribution in [1.82, 2.24) is 14.7 Å². The van der Waals surface area contributed by atoms with Crippen LogP contribution in [0.5, 0.6) is 5.75 Å². The average molecular weight is 590 g/mol. The van der Waals surface area contributed by atoms with Crippen molar-refractivity contribution < 1.29 is 38.5 Å². The molecule has 0 aromatic heterocycles. The van der Waals surface area contributed by atoms with Gasteiger partial charge in [0.05, 0.1) is 19.2 Å². The van der Waals surface area contributed by atoms with Gasteiger partial charge in [-0.05, 0) is 57.0 Å². The lowest BCUT2D eigenvalue weighted by Crippen LogP contribution is -2.55. The summed E-state index contributed by atoms with van der Waals surface area (Å²) in [6.45, 7) is 13.1. The molecule has 226 valence electrons. The Kier molecular flexibility index (Phi) is 9.15. The summed E-state index contributed by atoms with van der Waals surface area (Å²) >= 11 is 0. The van der Waals surface area contributed by atoms with E-state index in [9.17, 15) is 24.3 Å². The Hall–Kier alpha value is -2.96. The summed E-state index contributed by atoms with van der Waals surface area (Å²) in [7, 11) is -1.31. The Balaban J connectivity index is 1.39. The van der Waals surface area contributed by atoms with E-state index in [0.29, 0.717) is 24.3 Å². The number of amides is 4. The number of imide groups is 1. The van der Waals surface area contributed by atoms with Crippen molar-refractivity contribution in [3.63, 3.8) is 0 Å². The van der Waals surface area contributed by atoms with Crippen molar-refractivity contribution in [3.8, 4) is 5.75 Å². The second-order valence-corrected chi connectivity index (χ2v) is 19.0. The lowest BCUT2D eigenvalue weighted by Gasteiger charge is -2.36. The summed E-state index contributed by atoms with van der Waals surface area (Å²) in [5.41, 5.74) is 0.549. The second kappa shape index (κ2) is 12.1. The van der Waals surface area contributed by atoms with Crippen molar-refractivity contribution in [2.75, 3.05) is 26.4 Å². The fraction of sp³-hybridized carbons (Fsp3) is 0.655. The molecule has 3 heterocycles. The van der Waals surface area contributed by atoms with E-state index >= 15 is 0 Å². The van der Waals surface area contributed by atoms with Gasteiger partial charge in [0.25, 0.3) is 11.8 Å². The molecule has 1 aromatic carbocycles. The molecule has 1 unspecified atom stereocenters. The van der Waals surface area contributed by atoms with Gasteiger partial charge in [-0.2, -0.15) is 0 Å². The topological polar surface area (TPSA) is 126 Å². The van der Waals surface area contributed by atoms with Crippen molar-refractivity contribution in [1.29, 1.82) is 0 Å². The predicted octanol–water partition coefficient (Wildman–Crippen LogP) is 3.22. The third-order valence-electron chi connectivity index (χ3n) is 7.33. The molecule has 11 nitrogen and oxygen atoms in total. The first-order valence-corrected chi connectivity index (χ1v) is 18.0. The first kappa shape index (κ1) is 31.0. The number of hydrogen-bond donors (Lipinski definition) is 1. The van der Waals surface area contributed by atoms with Crippen LogP contribution in [0.25, 0.3) is 0 Å². The molecule has 0 aliphatic carbocycles. The fourth-order valence-corrected chi connectivity index (χ4v) is 5.96. The SMILES string of the molecule is CC(C)(C)OC(=O)N1C[C@@H](O)C[C@H](Oc2ccc3c(c2)CN(C2CCC(=O)N(COCC[Si](C)(C)C)C2=O)C3=O)C1. The van der Waals surface area contributed by atoms with Crippen LogP contribution in [0.3, 0.4) is 0 Å². The van der Waals surface area contributed by atoms with E-state index in [2.05, 4.69) is 19.6 Å². The summed E-state index contributed by atoms with van der Waals surface area (Å²) in [5.74, 6) is -0.452. The van der Waals surface area contributed by atoms with Crippen LogP contribution in [-0.4, -0.2) is 102 Å². The van der Waals surface area contributed by atoms with Gasteiger partial charge in [-0.25, -0.2) is 4.79 Å². The third kappa shape index (κ3) is 7.86. The van der Waals surface area contributed by atoms with Crippen molar-refractivity contribution >= 4 is 31.9 Å². The van der Waals surface area contributed by atoms with Gasteiger partial charge in [-0.3, -0.25) is 19.3 Å². The number of rotatable bonds is 8. The number of aliphatic hydroxyl groups excluding tert-OH is 1. The average Bonchev–Trinajstić information content (AvgIpc) is 3.16. The molecule has 2 fully saturated rings. The first-order valence-electron chi connectivity index (χ1n) is 14.3. The minimum Gasteiger partial charge on any atom is -0.488 e. The number of nitrogens with zero attached hydrogens (tertiary/aromatic N) is 3. The molecule has 4 rings (SSSR count). The van der Waals surface area contributed by atoms with Crippen LogP contribution < -0.4 is 4.74 Å². The minimum absolute atomic E-state index is 0.0980. The molecule has 41 heavy (non-hydrogen) atoms. The third-order valence-corrected chi connectivity index (χ3v) is 9.03. The zero-order valence-electron chi connectivity index (χ0n) is 25.0. The number of piperidine rings is 2. The number of carbonyl (C=O) groups is 4. The van der Waals surface area contributed by atoms with E-state index in [1.807, 2.05) is 0 Å². The molecule has 1 N–H and O–H groups in total. The maximum Gasteiger partial charge on any atom is 0.410 e. The molecule has 4 amide bonds. The van der Waals surface area contributed by atoms with Gasteiger partial charge in [0.15, 0.2) is 0 Å².